The van der Waals surface area contributed by atoms with E-state index < -0.39 is 0 Å². The van der Waals surface area contributed by atoms with Crippen molar-refractivity contribution in [1.82, 2.24) is 9.88 Å². The van der Waals surface area contributed by atoms with Gasteiger partial charge in [-0.25, -0.2) is 9.37 Å². The van der Waals surface area contributed by atoms with Crippen LogP contribution < -0.4 is 10.6 Å². The number of nitrogens with one attached hydrogen (secondary N) is 1. The minimum Gasteiger partial charge on any atom is -0.376 e. The van der Waals surface area contributed by atoms with Crippen LogP contribution in [0, 0.1) is 18.8 Å². The normalized spacial score (nSPS) is 20.3. The van der Waals surface area contributed by atoms with Gasteiger partial charge in [-0.05, 0) is 85.3 Å². The highest BCUT2D eigenvalue weighted by Crippen LogP contribution is 2.39. The van der Waals surface area contributed by atoms with Crippen molar-refractivity contribution in [2.75, 3.05) is 18.9 Å². The fourth-order valence-electron chi connectivity index (χ4n) is 4.81. The number of allylic oxidation sites excluding steroid dienone is 7. The van der Waals surface area contributed by atoms with Gasteiger partial charge in [0.25, 0.3) is 0 Å². The smallest absolute Gasteiger partial charge is 0.134 e. The lowest BCUT2D eigenvalue weighted by atomic mass is 9.97. The standard InChI is InChI=1S/C29H37FN3P.C2H2/c1-4-7-22(20-9-10-20)18-23(26(30)5-2)12-14-28-27(8-6-17-33(28)3)32-29-25-19-24(34)13-11-21(25)15-16-31-29;1-2/h5,7,11,13-16,18-20,27H,4,6,8-10,12,17,34H2,1-3H3,(H,31,32);1-2H/b22-7-,23-18-,26-5+,28-14-;. The van der Waals surface area contributed by atoms with Crippen LogP contribution in [0.5, 0.6) is 0 Å². The Balaban J connectivity index is 0.00000176. The summed E-state index contributed by atoms with van der Waals surface area (Å²) in [6.07, 6.45) is 24.2. The van der Waals surface area contributed by atoms with Gasteiger partial charge in [0.15, 0.2) is 0 Å². The van der Waals surface area contributed by atoms with Crippen molar-refractivity contribution < 1.29 is 4.39 Å². The Hall–Kier alpha value is -2.89. The lowest BCUT2D eigenvalue weighted by molar-refractivity contribution is 0.328. The highest BCUT2D eigenvalue weighted by molar-refractivity contribution is 7.27. The minimum atomic E-state index is -0.119. The average molecular weight is 504 g/mol. The van der Waals surface area contributed by atoms with Crippen LogP contribution >= 0.6 is 9.24 Å². The molecule has 1 aromatic carbocycles. The zero-order valence-corrected chi connectivity index (χ0v) is 23.0. The number of aromatic nitrogens is 1. The summed E-state index contributed by atoms with van der Waals surface area (Å²) in [5, 5.41) is 7.16. The predicted molar refractivity (Wildman–Crippen MR) is 157 cm³/mol. The van der Waals surface area contributed by atoms with Crippen LogP contribution in [0.15, 0.2) is 77.4 Å². The molecule has 2 aliphatic rings. The van der Waals surface area contributed by atoms with Gasteiger partial charge < -0.3 is 10.2 Å². The lowest BCUT2D eigenvalue weighted by Crippen LogP contribution is -2.38. The van der Waals surface area contributed by atoms with Crippen molar-refractivity contribution in [1.29, 1.82) is 0 Å². The van der Waals surface area contributed by atoms with E-state index in [1.807, 2.05) is 12.3 Å². The summed E-state index contributed by atoms with van der Waals surface area (Å²) in [7, 11) is 4.91. The number of halogens is 1. The monoisotopic (exact) mass is 503 g/mol. The van der Waals surface area contributed by atoms with Crippen LogP contribution in [0.4, 0.5) is 10.2 Å². The van der Waals surface area contributed by atoms with E-state index in [1.54, 1.807) is 13.0 Å². The van der Waals surface area contributed by atoms with Crippen molar-refractivity contribution in [3.05, 3.63) is 77.4 Å². The molecule has 2 atom stereocenters. The highest BCUT2D eigenvalue weighted by Gasteiger charge is 2.26. The number of piperidine rings is 1. The first kappa shape index (κ1) is 27.7. The number of hydrogen-bond donors (Lipinski definition) is 1. The van der Waals surface area contributed by atoms with Crippen molar-refractivity contribution in [3.63, 3.8) is 0 Å². The number of likely N-dealkylation sites (N-methyl/N-ethyl adjacent to an activating group) is 1. The van der Waals surface area contributed by atoms with Gasteiger partial charge in [0.1, 0.15) is 11.6 Å². The molecule has 36 heavy (non-hydrogen) atoms. The number of likely N-dealkylation sites (tertiary alicyclic amines) is 1. The molecule has 1 aromatic heterocycles. The number of nitrogens with zero attached hydrogens (tertiary/aromatic N) is 2. The molecule has 0 radical (unpaired) electrons. The number of pyridine rings is 1. The third-order valence-electron chi connectivity index (χ3n) is 6.81. The van der Waals surface area contributed by atoms with E-state index in [1.165, 1.54) is 29.5 Å². The third kappa shape index (κ3) is 7.08. The Kier molecular flexibility index (Phi) is 10.3. The average Bonchev–Trinajstić information content (AvgIpc) is 3.74. The SMILES string of the molecule is C#C.C\C=C(F)/C(=C\C(=C\CC)C1CC1)C/C=C1/C(Nc2nccc3ccc(P)cc23)CCCN1C. The maximum atomic E-state index is 14.9. The van der Waals surface area contributed by atoms with Crippen molar-refractivity contribution in [2.24, 2.45) is 5.92 Å². The maximum Gasteiger partial charge on any atom is 0.134 e. The summed E-state index contributed by atoms with van der Waals surface area (Å²) in [6.45, 7) is 4.94. The first-order valence-electron chi connectivity index (χ1n) is 12.9. The molecule has 2 aromatic rings. The Morgan fingerprint density at radius 1 is 1.25 bits per heavy atom. The number of hydrogen-bond acceptors (Lipinski definition) is 3. The van der Waals surface area contributed by atoms with Crippen LogP contribution in [-0.2, 0) is 0 Å². The van der Waals surface area contributed by atoms with Crippen molar-refractivity contribution in [3.8, 4) is 12.8 Å². The number of benzene rings is 1. The molecule has 1 aliphatic carbocycles. The second-order valence-electron chi connectivity index (χ2n) is 9.43. The molecule has 0 amide bonds. The number of rotatable bonds is 8. The molecule has 2 heterocycles. The molecule has 3 nitrogen and oxygen atoms in total. The van der Waals surface area contributed by atoms with Gasteiger partial charge in [-0.2, -0.15) is 0 Å². The van der Waals surface area contributed by atoms with Gasteiger partial charge in [0.05, 0.1) is 6.04 Å². The first-order chi connectivity index (χ1) is 17.5. The quantitative estimate of drug-likeness (QED) is 0.233. The minimum absolute atomic E-state index is 0.119. The molecule has 190 valence electrons. The van der Waals surface area contributed by atoms with E-state index in [2.05, 4.69) is 87.7 Å². The largest absolute Gasteiger partial charge is 0.376 e. The molecule has 0 spiro atoms. The Morgan fingerprint density at radius 3 is 2.72 bits per heavy atom. The predicted octanol–water partition coefficient (Wildman–Crippen LogP) is 7.31. The molecule has 5 heteroatoms. The number of anilines is 1. The van der Waals surface area contributed by atoms with Crippen LogP contribution in [-0.4, -0.2) is 29.5 Å². The summed E-state index contributed by atoms with van der Waals surface area (Å²) in [5.41, 5.74) is 3.29. The molecule has 1 saturated heterocycles. The van der Waals surface area contributed by atoms with E-state index in [0.717, 1.165) is 47.9 Å². The van der Waals surface area contributed by atoms with Gasteiger partial charge in [0, 0.05) is 30.9 Å². The van der Waals surface area contributed by atoms with E-state index in [9.17, 15) is 4.39 Å². The van der Waals surface area contributed by atoms with Crippen molar-refractivity contribution >= 4 is 31.1 Å². The fourth-order valence-corrected chi connectivity index (χ4v) is 5.07. The molecule has 0 bridgehead atoms. The molecular weight excluding hydrogens is 464 g/mol. The number of fused-ring (bicyclic) bond motifs is 1. The van der Waals surface area contributed by atoms with Gasteiger partial charge in [-0.15, -0.1) is 22.1 Å². The zero-order valence-electron chi connectivity index (χ0n) is 21.8. The maximum absolute atomic E-state index is 14.9. The van der Waals surface area contributed by atoms with Gasteiger partial charge in [0.2, 0.25) is 0 Å². The summed E-state index contributed by atoms with van der Waals surface area (Å²) in [5.74, 6) is 1.40. The third-order valence-corrected chi connectivity index (χ3v) is 7.17. The van der Waals surface area contributed by atoms with Gasteiger partial charge in [-0.3, -0.25) is 0 Å². The second-order valence-corrected chi connectivity index (χ2v) is 10.1. The lowest BCUT2D eigenvalue weighted by Gasteiger charge is -2.35. The molecular formula is C31H39FN3P. The van der Waals surface area contributed by atoms with Crippen LogP contribution in [0.2, 0.25) is 0 Å². The summed E-state index contributed by atoms with van der Waals surface area (Å²) < 4.78 is 14.9. The molecule has 2 unspecified atom stereocenters. The van der Waals surface area contributed by atoms with E-state index >= 15 is 0 Å². The van der Waals surface area contributed by atoms with Gasteiger partial charge in [-0.1, -0.05) is 43.4 Å². The van der Waals surface area contributed by atoms with E-state index in [-0.39, 0.29) is 11.9 Å². The van der Waals surface area contributed by atoms with Crippen LogP contribution in [0.25, 0.3) is 10.8 Å². The Labute approximate surface area is 218 Å². The Morgan fingerprint density at radius 2 is 2.03 bits per heavy atom. The first-order valence-corrected chi connectivity index (χ1v) is 13.5. The van der Waals surface area contributed by atoms with Gasteiger partial charge >= 0.3 is 0 Å². The topological polar surface area (TPSA) is 28.2 Å². The van der Waals surface area contributed by atoms with Crippen LogP contribution in [0.1, 0.15) is 52.4 Å². The molecule has 1 N–H and O–H groups in total. The van der Waals surface area contributed by atoms with Crippen LogP contribution in [0.3, 0.4) is 0 Å². The van der Waals surface area contributed by atoms with E-state index in [0.29, 0.717) is 12.3 Å². The highest BCUT2D eigenvalue weighted by atomic mass is 31.0. The Bertz CT molecular complexity index is 1190. The summed E-state index contributed by atoms with van der Waals surface area (Å²) >= 11 is 0. The fraction of sp³-hybridized carbons (Fsp3) is 0.387. The molecule has 1 saturated carbocycles. The number of terminal acetylenes is 1. The summed E-state index contributed by atoms with van der Waals surface area (Å²) in [6, 6.07) is 8.59. The molecule has 4 rings (SSSR count). The second kappa shape index (κ2) is 13.4. The summed E-state index contributed by atoms with van der Waals surface area (Å²) in [4.78, 5) is 6.98. The molecule has 1 aliphatic heterocycles. The van der Waals surface area contributed by atoms with Crippen molar-refractivity contribution in [2.45, 2.75) is 58.4 Å². The molecule has 2 fully saturated rings. The zero-order chi connectivity index (χ0) is 26.1. The van der Waals surface area contributed by atoms with E-state index in [4.69, 9.17) is 0 Å².